The van der Waals surface area contributed by atoms with Crippen LogP contribution in [-0.4, -0.2) is 43.8 Å². The quantitative estimate of drug-likeness (QED) is 0.209. The molecule has 0 saturated carbocycles. The van der Waals surface area contributed by atoms with Gasteiger partial charge < -0.3 is 0 Å². The fraction of sp³-hybridized carbons (Fsp3) is 0.306. The molecule has 46 heavy (non-hydrogen) atoms. The number of hydrogen-bond donors (Lipinski definition) is 0. The Kier molecular flexibility index (Phi) is 8.99. The van der Waals surface area contributed by atoms with Gasteiger partial charge in [0.05, 0.1) is 21.9 Å². The first kappa shape index (κ1) is 32.6. The van der Waals surface area contributed by atoms with Crippen LogP contribution in [0.5, 0.6) is 0 Å². The largest absolute Gasteiger partial charge is 0.299 e. The summed E-state index contributed by atoms with van der Waals surface area (Å²) < 4.78 is 61.0. The summed E-state index contributed by atoms with van der Waals surface area (Å²) in [6.07, 6.45) is 0.852. The van der Waals surface area contributed by atoms with Gasteiger partial charge in [0.25, 0.3) is 0 Å². The molecule has 2 heterocycles. The Balaban J connectivity index is 1.52. The fourth-order valence-corrected chi connectivity index (χ4v) is 10.7. The van der Waals surface area contributed by atoms with Crippen molar-refractivity contribution in [3.8, 4) is 0 Å². The monoisotopic (exact) mass is 676 g/mol. The summed E-state index contributed by atoms with van der Waals surface area (Å²) in [5.41, 5.74) is 4.03. The van der Waals surface area contributed by atoms with Gasteiger partial charge in [-0.05, 0) is 79.3 Å². The number of hydrogen-bond acceptors (Lipinski definition) is 5. The first-order valence-electron chi connectivity index (χ1n) is 15.5. The Morgan fingerprint density at radius 1 is 0.761 bits per heavy atom. The van der Waals surface area contributed by atoms with Crippen LogP contribution in [0, 0.1) is 19.8 Å². The second-order valence-corrected chi connectivity index (χ2v) is 16.4. The molecule has 10 heteroatoms. The van der Waals surface area contributed by atoms with E-state index in [0.29, 0.717) is 16.1 Å². The third kappa shape index (κ3) is 5.95. The van der Waals surface area contributed by atoms with Crippen LogP contribution in [0.4, 0.5) is 0 Å². The van der Waals surface area contributed by atoms with Crippen molar-refractivity contribution < 1.29 is 21.6 Å². The number of ketones is 1. The molecule has 0 N–H and O–H groups in total. The summed E-state index contributed by atoms with van der Waals surface area (Å²) in [6.45, 7) is 5.56. The lowest BCUT2D eigenvalue weighted by atomic mass is 9.77. The summed E-state index contributed by atoms with van der Waals surface area (Å²) in [6, 6.07) is 25.9. The summed E-state index contributed by atoms with van der Waals surface area (Å²) in [7, 11) is -8.19. The molecule has 240 valence electrons. The third-order valence-corrected chi connectivity index (χ3v) is 13.6. The Hall–Kier alpha value is -3.34. The van der Waals surface area contributed by atoms with Gasteiger partial charge in [-0.25, -0.2) is 16.8 Å². The maximum Gasteiger partial charge on any atom is 0.244 e. The van der Waals surface area contributed by atoms with E-state index in [-0.39, 0.29) is 35.0 Å². The molecule has 2 fully saturated rings. The average molecular weight is 677 g/mol. The number of sulfonamides is 2. The maximum atomic E-state index is 14.7. The van der Waals surface area contributed by atoms with E-state index in [2.05, 4.69) is 0 Å². The standard InChI is InChI=1S/C36H37ClN2O5S2/c1-4-26-11-13-27(14-12-26)32-21-34-31(23-38(32)45(41,42)30-19-9-24(2)10-20-30)35(40)22-33(28-15-17-29(37)18-16-28)39(34)46(43,44)36-8-6-5-7-25(36)3/h5-20,31-34H,4,21-23H2,1-3H3/t31-,32+,33+,34+/m1/s1. The Morgan fingerprint density at radius 3 is 2.00 bits per heavy atom. The number of carbonyl (C=O) groups excluding carboxylic acids is 1. The van der Waals surface area contributed by atoms with Crippen LogP contribution in [-0.2, 0) is 31.3 Å². The predicted octanol–water partition coefficient (Wildman–Crippen LogP) is 7.04. The van der Waals surface area contributed by atoms with Crippen molar-refractivity contribution in [1.29, 1.82) is 0 Å². The highest BCUT2D eigenvalue weighted by molar-refractivity contribution is 7.89. The molecular weight excluding hydrogens is 640 g/mol. The van der Waals surface area contributed by atoms with Gasteiger partial charge in [-0.1, -0.05) is 90.8 Å². The lowest BCUT2D eigenvalue weighted by Gasteiger charge is -2.51. The van der Waals surface area contributed by atoms with Crippen LogP contribution >= 0.6 is 11.6 Å². The highest BCUT2D eigenvalue weighted by Gasteiger charge is 2.54. The van der Waals surface area contributed by atoms with Crippen LogP contribution < -0.4 is 0 Å². The minimum Gasteiger partial charge on any atom is -0.299 e. The molecule has 4 aromatic carbocycles. The smallest absolute Gasteiger partial charge is 0.244 e. The number of piperidine rings is 2. The van der Waals surface area contributed by atoms with Gasteiger partial charge in [0.1, 0.15) is 5.78 Å². The number of fused-ring (bicyclic) bond motifs is 1. The summed E-state index contributed by atoms with van der Waals surface area (Å²) >= 11 is 6.20. The van der Waals surface area contributed by atoms with Crippen molar-refractivity contribution in [3.05, 3.63) is 130 Å². The molecular formula is C36H37ClN2O5S2. The van der Waals surface area contributed by atoms with E-state index in [1.54, 1.807) is 79.7 Å². The summed E-state index contributed by atoms with van der Waals surface area (Å²) in [5.74, 6) is -1.01. The molecule has 4 atom stereocenters. The van der Waals surface area contributed by atoms with Crippen LogP contribution in [0.1, 0.15) is 59.7 Å². The molecule has 0 aromatic heterocycles. The molecule has 2 saturated heterocycles. The Labute approximate surface area is 276 Å². The highest BCUT2D eigenvalue weighted by Crippen LogP contribution is 2.48. The fourth-order valence-electron chi connectivity index (χ4n) is 6.86. The van der Waals surface area contributed by atoms with Crippen molar-refractivity contribution >= 4 is 37.4 Å². The third-order valence-electron chi connectivity index (χ3n) is 9.40. The second kappa shape index (κ2) is 12.7. The van der Waals surface area contributed by atoms with Crippen molar-refractivity contribution in [1.82, 2.24) is 8.61 Å². The minimum absolute atomic E-state index is 0.0812. The van der Waals surface area contributed by atoms with Crippen molar-refractivity contribution in [3.63, 3.8) is 0 Å². The normalized spacial score (nSPS) is 22.8. The zero-order valence-corrected chi connectivity index (χ0v) is 28.4. The van der Waals surface area contributed by atoms with E-state index < -0.39 is 44.1 Å². The number of nitrogens with zero attached hydrogens (tertiary/aromatic N) is 2. The SMILES string of the molecule is CCc1ccc([C@@H]2C[C@H]3[C@@H](CN2S(=O)(=O)c2ccc(C)cc2)C(=O)C[C@@H](c2ccc(Cl)cc2)N3S(=O)(=O)c2ccccc2C)cc1. The van der Waals surface area contributed by atoms with Gasteiger partial charge in [-0.15, -0.1) is 0 Å². The zero-order valence-electron chi connectivity index (χ0n) is 26.0. The van der Waals surface area contributed by atoms with E-state index in [1.165, 1.54) is 8.61 Å². The van der Waals surface area contributed by atoms with Gasteiger partial charge in [0.15, 0.2) is 0 Å². The molecule has 4 aromatic rings. The molecule has 2 aliphatic heterocycles. The van der Waals surface area contributed by atoms with Gasteiger partial charge in [0.2, 0.25) is 20.0 Å². The van der Waals surface area contributed by atoms with E-state index in [1.807, 2.05) is 38.1 Å². The topological polar surface area (TPSA) is 91.8 Å². The molecule has 7 nitrogen and oxygen atoms in total. The van der Waals surface area contributed by atoms with E-state index in [0.717, 1.165) is 23.1 Å². The number of benzene rings is 4. The number of carbonyl (C=O) groups is 1. The molecule has 0 amide bonds. The molecule has 0 spiro atoms. The van der Waals surface area contributed by atoms with Crippen molar-refractivity contribution in [2.45, 2.75) is 68.0 Å². The average Bonchev–Trinajstić information content (AvgIpc) is 3.04. The summed E-state index contributed by atoms with van der Waals surface area (Å²) in [5, 5.41) is 0.502. The molecule has 0 aliphatic carbocycles. The lowest BCUT2D eigenvalue weighted by Crippen LogP contribution is -2.61. The van der Waals surface area contributed by atoms with E-state index in [9.17, 15) is 21.6 Å². The molecule has 0 radical (unpaired) electrons. The molecule has 0 bridgehead atoms. The van der Waals surface area contributed by atoms with Crippen LogP contribution in [0.15, 0.2) is 107 Å². The minimum atomic E-state index is -4.14. The van der Waals surface area contributed by atoms with Crippen LogP contribution in [0.2, 0.25) is 5.02 Å². The Morgan fingerprint density at radius 2 is 1.37 bits per heavy atom. The van der Waals surface area contributed by atoms with Gasteiger partial charge in [0, 0.05) is 29.9 Å². The summed E-state index contributed by atoms with van der Waals surface area (Å²) in [4.78, 5) is 14.4. The van der Waals surface area contributed by atoms with E-state index >= 15 is 0 Å². The van der Waals surface area contributed by atoms with Gasteiger partial charge >= 0.3 is 0 Å². The number of Topliss-reactive ketones (excluding diaryl/α,β-unsaturated/α-hetero) is 1. The first-order valence-corrected chi connectivity index (χ1v) is 18.7. The van der Waals surface area contributed by atoms with Gasteiger partial charge in [-0.2, -0.15) is 8.61 Å². The van der Waals surface area contributed by atoms with Crippen molar-refractivity contribution in [2.24, 2.45) is 5.92 Å². The maximum absolute atomic E-state index is 14.7. The highest BCUT2D eigenvalue weighted by atomic mass is 35.5. The van der Waals surface area contributed by atoms with Crippen LogP contribution in [0.3, 0.4) is 0 Å². The lowest BCUT2D eigenvalue weighted by molar-refractivity contribution is -0.132. The number of aryl methyl sites for hydroxylation is 3. The molecule has 2 aliphatic rings. The number of rotatable bonds is 7. The van der Waals surface area contributed by atoms with Crippen LogP contribution in [0.25, 0.3) is 0 Å². The number of halogens is 1. The first-order chi connectivity index (χ1) is 21.9. The molecule has 0 unspecified atom stereocenters. The second-order valence-electron chi connectivity index (χ2n) is 12.2. The zero-order chi connectivity index (χ0) is 32.8. The van der Waals surface area contributed by atoms with Crippen molar-refractivity contribution in [2.75, 3.05) is 6.54 Å². The van der Waals surface area contributed by atoms with E-state index in [4.69, 9.17) is 11.6 Å². The molecule has 6 rings (SSSR count). The Bertz CT molecular complexity index is 1960. The van der Waals surface area contributed by atoms with Gasteiger partial charge in [-0.3, -0.25) is 4.79 Å². The predicted molar refractivity (Wildman–Crippen MR) is 180 cm³/mol.